The van der Waals surface area contributed by atoms with Crippen LogP contribution in [0.15, 0.2) is 34.9 Å². The van der Waals surface area contributed by atoms with E-state index in [1.165, 1.54) is 0 Å². The summed E-state index contributed by atoms with van der Waals surface area (Å²) >= 11 is 0. The quantitative estimate of drug-likeness (QED) is 0.0389. The number of carbonyl (C=O) groups is 3. The zero-order valence-corrected chi connectivity index (χ0v) is 47.2. The molecule has 0 bridgehead atoms. The van der Waals surface area contributed by atoms with Crippen LogP contribution in [-0.2, 0) is 57.0 Å². The molecule has 0 aromatic heterocycles. The van der Waals surface area contributed by atoms with Crippen LogP contribution in [0.2, 0.25) is 0 Å². The number of fused-ring (bicyclic) bond motifs is 8. The summed E-state index contributed by atoms with van der Waals surface area (Å²) in [4.78, 5) is 40.4. The largest absolute Gasteiger partial charge is 0.479 e. The molecule has 446 valence electrons. The third kappa shape index (κ3) is 9.24. The molecule has 4 aliphatic heterocycles. The van der Waals surface area contributed by atoms with E-state index in [4.69, 9.17) is 42.6 Å². The number of aliphatic hydroxyl groups excluding tert-OH is 9. The summed E-state index contributed by atoms with van der Waals surface area (Å²) in [6, 6.07) is 0. The van der Waals surface area contributed by atoms with Gasteiger partial charge in [-0.1, -0.05) is 72.3 Å². The summed E-state index contributed by atoms with van der Waals surface area (Å²) < 4.78 is 55.9. The number of carbonyl (C=O) groups excluding carboxylic acids is 2. The first-order chi connectivity index (χ1) is 36.9. The third-order valence-corrected chi connectivity index (χ3v) is 21.6. The second-order valence-electron chi connectivity index (χ2n) is 26.2. The summed E-state index contributed by atoms with van der Waals surface area (Å²) in [6.45, 7) is 19.6. The molecule has 0 amide bonds. The number of hydrogen-bond acceptors (Lipinski definition) is 21. The Labute approximate surface area is 461 Å². The van der Waals surface area contributed by atoms with Crippen LogP contribution in [0.4, 0.5) is 0 Å². The highest BCUT2D eigenvalue weighted by molar-refractivity contribution is 5.89. The molecule has 4 saturated heterocycles. The molecule has 9 aliphatic rings. The standard InChI is InChI=1S/C57H86O22/c1-12-25(3)46(69)75-42-43(76-47(70)26(4)13-2)56(24-60)28(20-51(42,5)6)27-14-15-32-53(9)18-17-34(52(7,8)31(53)16-19-54(32,10)55(27,11)21-33(56)61)73-50-44(77-48-39(66)37(64)35(62)29(22-58)71-48)57(41(78-57)40(74-50)45(67)68)79-49-38(65)36(63)30(23-59)72-49/h12-14,28-44,48-50,58-66H,15-24H2,1-11H3,(H,67,68)/b25-12-,26-13-/t28?,29?,30-,31?,32?,33+,34-,35-,36?,37?,38?,39?,40?,41+,42-,43-,44?,48-,49-,50+,53-,54+,55+,56-,57?/m0/s1. The topological polar surface area (TPSA) is 340 Å². The minimum Gasteiger partial charge on any atom is -0.479 e. The molecule has 4 heterocycles. The number of carboxylic acid groups (broad SMARTS) is 1. The van der Waals surface area contributed by atoms with Gasteiger partial charge < -0.3 is 93.7 Å². The fraction of sp³-hybridized carbons (Fsp3) is 0.842. The van der Waals surface area contributed by atoms with Gasteiger partial charge in [-0.05, 0) is 112 Å². The van der Waals surface area contributed by atoms with Crippen LogP contribution in [0.5, 0.6) is 0 Å². The second-order valence-corrected chi connectivity index (χ2v) is 26.2. The average Bonchev–Trinajstić information content (AvgIpc) is 3.48. The van der Waals surface area contributed by atoms with Crippen molar-refractivity contribution in [3.8, 4) is 0 Å². The van der Waals surface area contributed by atoms with Gasteiger partial charge in [0.1, 0.15) is 48.8 Å². The van der Waals surface area contributed by atoms with Crippen LogP contribution < -0.4 is 0 Å². The van der Waals surface area contributed by atoms with Crippen molar-refractivity contribution in [1.29, 1.82) is 0 Å². The van der Waals surface area contributed by atoms with Crippen molar-refractivity contribution in [2.45, 2.75) is 231 Å². The molecule has 5 aliphatic carbocycles. The summed E-state index contributed by atoms with van der Waals surface area (Å²) in [5.74, 6) is -5.37. The molecule has 9 rings (SSSR count). The fourth-order valence-electron chi connectivity index (χ4n) is 16.5. The first-order valence-electron chi connectivity index (χ1n) is 28.1. The van der Waals surface area contributed by atoms with E-state index in [-0.39, 0.29) is 23.7 Å². The number of carboxylic acids is 1. The average molecular weight is 1120 g/mol. The van der Waals surface area contributed by atoms with E-state index >= 15 is 0 Å². The van der Waals surface area contributed by atoms with Crippen molar-refractivity contribution in [2.24, 2.45) is 50.2 Å². The lowest BCUT2D eigenvalue weighted by molar-refractivity contribution is -0.380. The van der Waals surface area contributed by atoms with Gasteiger partial charge in [-0.15, -0.1) is 0 Å². The molecular formula is C57H86O22. The molecule has 4 saturated carbocycles. The lowest BCUT2D eigenvalue weighted by Crippen LogP contribution is -2.72. The smallest absolute Gasteiger partial charge is 0.335 e. The van der Waals surface area contributed by atoms with Crippen molar-refractivity contribution in [1.82, 2.24) is 0 Å². The van der Waals surface area contributed by atoms with E-state index < -0.39 is 181 Å². The number of esters is 2. The summed E-state index contributed by atoms with van der Waals surface area (Å²) in [7, 11) is 0. The number of ether oxygens (including phenoxy) is 9. The second kappa shape index (κ2) is 21.3. The van der Waals surface area contributed by atoms with Gasteiger partial charge in [-0.2, -0.15) is 0 Å². The van der Waals surface area contributed by atoms with Crippen molar-refractivity contribution >= 4 is 17.9 Å². The van der Waals surface area contributed by atoms with E-state index in [2.05, 4.69) is 40.7 Å². The molecule has 22 heteroatoms. The molecule has 0 aromatic rings. The molecule has 22 nitrogen and oxygen atoms in total. The molecule has 25 atom stereocenters. The van der Waals surface area contributed by atoms with Gasteiger partial charge in [0, 0.05) is 16.6 Å². The Balaban J connectivity index is 1.04. The van der Waals surface area contributed by atoms with Gasteiger partial charge in [0.15, 0.2) is 43.3 Å². The Bertz CT molecular complexity index is 2420. The van der Waals surface area contributed by atoms with Crippen LogP contribution in [0.3, 0.4) is 0 Å². The number of hydrogen-bond donors (Lipinski definition) is 10. The summed E-state index contributed by atoms with van der Waals surface area (Å²) in [5, 5.41) is 110. The van der Waals surface area contributed by atoms with Gasteiger partial charge in [0.2, 0.25) is 5.79 Å². The van der Waals surface area contributed by atoms with E-state index in [1.54, 1.807) is 39.8 Å². The first kappa shape index (κ1) is 60.6. The highest BCUT2D eigenvalue weighted by atomic mass is 16.9. The van der Waals surface area contributed by atoms with E-state index in [0.29, 0.717) is 49.7 Å². The molecule has 11 unspecified atom stereocenters. The van der Waals surface area contributed by atoms with Crippen molar-refractivity contribution in [3.63, 3.8) is 0 Å². The van der Waals surface area contributed by atoms with Crippen LogP contribution in [0.1, 0.15) is 121 Å². The van der Waals surface area contributed by atoms with Crippen LogP contribution >= 0.6 is 0 Å². The van der Waals surface area contributed by atoms with E-state index in [9.17, 15) is 65.4 Å². The van der Waals surface area contributed by atoms with Crippen molar-refractivity contribution < 1.29 is 108 Å². The zero-order chi connectivity index (χ0) is 58.1. The Morgan fingerprint density at radius 2 is 1.27 bits per heavy atom. The molecule has 0 spiro atoms. The van der Waals surface area contributed by atoms with Crippen LogP contribution in [0, 0.1) is 50.2 Å². The maximum Gasteiger partial charge on any atom is 0.335 e. The van der Waals surface area contributed by atoms with Gasteiger partial charge in [-0.3, -0.25) is 0 Å². The van der Waals surface area contributed by atoms with Crippen molar-refractivity contribution in [2.75, 3.05) is 19.8 Å². The number of aliphatic hydroxyl groups is 9. The summed E-state index contributed by atoms with van der Waals surface area (Å²) in [5.41, 5.74) is -2.59. The molecule has 10 N–H and O–H groups in total. The molecular weight excluding hydrogens is 1040 g/mol. The Kier molecular flexibility index (Phi) is 16.3. The lowest BCUT2D eigenvalue weighted by atomic mass is 9.33. The summed E-state index contributed by atoms with van der Waals surface area (Å²) in [6.07, 6.45) is -16.7. The molecule has 0 radical (unpaired) electrons. The molecule has 8 fully saturated rings. The maximum atomic E-state index is 13.8. The van der Waals surface area contributed by atoms with Crippen molar-refractivity contribution in [3.05, 3.63) is 34.9 Å². The highest BCUT2D eigenvalue weighted by Crippen LogP contribution is 2.76. The van der Waals surface area contributed by atoms with Crippen LogP contribution in [-0.4, -0.2) is 199 Å². The number of allylic oxidation sites excluding steroid dienone is 4. The number of aliphatic carboxylic acids is 1. The normalized spacial score (nSPS) is 49.9. The van der Waals surface area contributed by atoms with Gasteiger partial charge >= 0.3 is 17.9 Å². The van der Waals surface area contributed by atoms with E-state index in [1.807, 2.05) is 13.8 Å². The molecule has 0 aromatic carbocycles. The van der Waals surface area contributed by atoms with E-state index in [0.717, 1.165) is 5.57 Å². The maximum absolute atomic E-state index is 13.8. The fourth-order valence-corrected chi connectivity index (χ4v) is 16.5. The highest BCUT2D eigenvalue weighted by Gasteiger charge is 2.78. The predicted molar refractivity (Wildman–Crippen MR) is 273 cm³/mol. The monoisotopic (exact) mass is 1120 g/mol. The lowest BCUT2D eigenvalue weighted by Gasteiger charge is -2.72. The van der Waals surface area contributed by atoms with Gasteiger partial charge in [0.05, 0.1) is 37.4 Å². The minimum atomic E-state index is -2.20. The van der Waals surface area contributed by atoms with Gasteiger partial charge in [-0.25, -0.2) is 14.4 Å². The third-order valence-electron chi connectivity index (χ3n) is 21.6. The predicted octanol–water partition coefficient (Wildman–Crippen LogP) is 1.66. The minimum absolute atomic E-state index is 0.0403. The zero-order valence-electron chi connectivity index (χ0n) is 47.2. The Morgan fingerprint density at radius 1 is 0.684 bits per heavy atom. The first-order valence-corrected chi connectivity index (χ1v) is 28.1. The number of epoxide rings is 1. The Hall–Kier alpha value is -3.01. The van der Waals surface area contributed by atoms with Crippen LogP contribution in [0.25, 0.3) is 0 Å². The number of rotatable bonds is 14. The Morgan fingerprint density at radius 3 is 1.85 bits per heavy atom. The van der Waals surface area contributed by atoms with Gasteiger partial charge in [0.25, 0.3) is 0 Å². The SMILES string of the molecule is C/C=C(/C)C(=O)O[C@H]1[C@H](OC(=O)/C(C)=C\C)[C@@]2(CO)C(CC1(C)C)C1=CCC3[C@@]4(C)CC[C@H](O[C@@H]5OC(C(=O)O)[C@H]6OC6(O[C@@H]6O[C@@H](CO)C(O)C6O)C5O[C@@H]5OC(CO)[C@H](O)C(O)C5O)C(C)(C)C4CC[C@@]3(C)[C@]1(C)C[C@H]2O. The molecule has 79 heavy (non-hydrogen) atoms.